The fraction of sp³-hybridized carbons (Fsp3) is 0.692. The molecule has 2 heteroatoms. The first-order valence-corrected chi connectivity index (χ1v) is 6.91. The average Bonchev–Trinajstić information content (AvgIpc) is 2.66. The summed E-state index contributed by atoms with van der Waals surface area (Å²) in [6.45, 7) is 7.88. The zero-order valence-corrected chi connectivity index (χ0v) is 10.9. The largest absolute Gasteiger partial charge is 0.314 e. The third kappa shape index (κ3) is 5.33. The minimum atomic E-state index is 0.690. The Labute approximate surface area is 97.9 Å². The third-order valence-electron chi connectivity index (χ3n) is 2.61. The smallest absolute Gasteiger partial charge is 0.00725 e. The highest BCUT2D eigenvalue weighted by molar-refractivity contribution is 7.07. The lowest BCUT2D eigenvalue weighted by Crippen LogP contribution is -2.30. The molecule has 0 aliphatic heterocycles. The van der Waals surface area contributed by atoms with Gasteiger partial charge in [-0.05, 0) is 54.1 Å². The molecule has 0 spiro atoms. The summed E-state index contributed by atoms with van der Waals surface area (Å²) in [5, 5.41) is 8.01. The second-order valence-electron chi connectivity index (χ2n) is 4.55. The van der Waals surface area contributed by atoms with Gasteiger partial charge in [0.2, 0.25) is 0 Å². The molecule has 15 heavy (non-hydrogen) atoms. The number of hydrogen-bond donors (Lipinski definition) is 1. The zero-order valence-electron chi connectivity index (χ0n) is 10.1. The Hall–Kier alpha value is -0.340. The molecule has 0 aliphatic carbocycles. The number of hydrogen-bond acceptors (Lipinski definition) is 2. The molecule has 0 amide bonds. The summed E-state index contributed by atoms with van der Waals surface area (Å²) in [5.74, 6) is 0.788. The monoisotopic (exact) mass is 225 g/mol. The average molecular weight is 225 g/mol. The Kier molecular flexibility index (Phi) is 5.96. The van der Waals surface area contributed by atoms with E-state index in [1.807, 2.05) is 0 Å². The highest BCUT2D eigenvalue weighted by Crippen LogP contribution is 2.13. The van der Waals surface area contributed by atoms with Crippen molar-refractivity contribution >= 4 is 11.3 Å². The number of thiophene rings is 1. The van der Waals surface area contributed by atoms with Gasteiger partial charge in [-0.3, -0.25) is 0 Å². The van der Waals surface area contributed by atoms with E-state index in [9.17, 15) is 0 Å². The van der Waals surface area contributed by atoms with Crippen LogP contribution in [0.5, 0.6) is 0 Å². The Morgan fingerprint density at radius 2 is 2.20 bits per heavy atom. The zero-order chi connectivity index (χ0) is 11.1. The molecule has 1 aromatic heterocycles. The van der Waals surface area contributed by atoms with Crippen LogP contribution in [0.3, 0.4) is 0 Å². The molecule has 0 bridgehead atoms. The van der Waals surface area contributed by atoms with Gasteiger partial charge >= 0.3 is 0 Å². The summed E-state index contributed by atoms with van der Waals surface area (Å²) in [4.78, 5) is 0. The molecular formula is C13H23NS. The maximum absolute atomic E-state index is 3.58. The number of nitrogens with one attached hydrogen (secondary N) is 1. The van der Waals surface area contributed by atoms with Gasteiger partial charge in [0.05, 0.1) is 0 Å². The normalized spacial score (nSPS) is 13.3. The lowest BCUT2D eigenvalue weighted by molar-refractivity contribution is 0.405. The SMILES string of the molecule is CCNC(CCc1ccsc1)CC(C)C. The van der Waals surface area contributed by atoms with E-state index in [-0.39, 0.29) is 0 Å². The lowest BCUT2D eigenvalue weighted by Gasteiger charge is -2.19. The summed E-state index contributed by atoms with van der Waals surface area (Å²) in [6.07, 6.45) is 3.77. The highest BCUT2D eigenvalue weighted by atomic mass is 32.1. The van der Waals surface area contributed by atoms with E-state index in [4.69, 9.17) is 0 Å². The van der Waals surface area contributed by atoms with Crippen molar-refractivity contribution in [2.75, 3.05) is 6.54 Å². The van der Waals surface area contributed by atoms with Crippen LogP contribution >= 0.6 is 11.3 Å². The van der Waals surface area contributed by atoms with Crippen LogP contribution < -0.4 is 5.32 Å². The summed E-state index contributed by atoms with van der Waals surface area (Å²) in [6, 6.07) is 2.93. The Morgan fingerprint density at radius 1 is 1.40 bits per heavy atom. The van der Waals surface area contributed by atoms with Gasteiger partial charge in [-0.15, -0.1) is 0 Å². The predicted octanol–water partition coefficient (Wildman–Crippen LogP) is 3.70. The minimum absolute atomic E-state index is 0.690. The molecule has 0 aromatic carbocycles. The maximum atomic E-state index is 3.58. The molecule has 1 heterocycles. The molecule has 1 N–H and O–H groups in total. The van der Waals surface area contributed by atoms with E-state index < -0.39 is 0 Å². The van der Waals surface area contributed by atoms with Gasteiger partial charge < -0.3 is 5.32 Å². The first-order chi connectivity index (χ1) is 7.22. The standard InChI is InChI=1S/C13H23NS/c1-4-14-13(9-11(2)3)6-5-12-7-8-15-10-12/h7-8,10-11,13-14H,4-6,9H2,1-3H3. The Morgan fingerprint density at radius 3 is 2.73 bits per heavy atom. The maximum Gasteiger partial charge on any atom is 0.00725 e. The van der Waals surface area contributed by atoms with Gasteiger partial charge in [0.1, 0.15) is 0 Å². The van der Waals surface area contributed by atoms with Crippen LogP contribution in [0.15, 0.2) is 16.8 Å². The van der Waals surface area contributed by atoms with Crippen molar-refractivity contribution in [3.8, 4) is 0 Å². The van der Waals surface area contributed by atoms with Crippen molar-refractivity contribution < 1.29 is 0 Å². The second kappa shape index (κ2) is 7.02. The van der Waals surface area contributed by atoms with Crippen molar-refractivity contribution in [1.82, 2.24) is 5.32 Å². The van der Waals surface area contributed by atoms with E-state index in [0.29, 0.717) is 6.04 Å². The lowest BCUT2D eigenvalue weighted by atomic mass is 9.98. The van der Waals surface area contributed by atoms with Crippen LogP contribution in [0.2, 0.25) is 0 Å². The van der Waals surface area contributed by atoms with Crippen molar-refractivity contribution in [3.63, 3.8) is 0 Å². The van der Waals surface area contributed by atoms with Gasteiger partial charge in [-0.1, -0.05) is 20.8 Å². The fourth-order valence-corrected chi connectivity index (χ4v) is 2.64. The summed E-state index contributed by atoms with van der Waals surface area (Å²) >= 11 is 1.80. The van der Waals surface area contributed by atoms with E-state index in [1.54, 1.807) is 11.3 Å². The van der Waals surface area contributed by atoms with E-state index in [1.165, 1.54) is 24.8 Å². The second-order valence-corrected chi connectivity index (χ2v) is 5.33. The van der Waals surface area contributed by atoms with E-state index in [0.717, 1.165) is 12.5 Å². The Bertz CT molecular complexity index is 241. The molecular weight excluding hydrogens is 202 g/mol. The van der Waals surface area contributed by atoms with Gasteiger partial charge in [-0.25, -0.2) is 0 Å². The molecule has 1 aromatic rings. The van der Waals surface area contributed by atoms with Gasteiger partial charge in [0.15, 0.2) is 0 Å². The quantitative estimate of drug-likeness (QED) is 0.746. The number of rotatable bonds is 7. The molecule has 0 aliphatic rings. The molecule has 0 saturated carbocycles. The molecule has 0 saturated heterocycles. The first kappa shape index (κ1) is 12.7. The number of aryl methyl sites for hydroxylation is 1. The summed E-state index contributed by atoms with van der Waals surface area (Å²) in [7, 11) is 0. The van der Waals surface area contributed by atoms with Crippen LogP contribution in [0.4, 0.5) is 0 Å². The van der Waals surface area contributed by atoms with E-state index in [2.05, 4.69) is 42.9 Å². The van der Waals surface area contributed by atoms with Gasteiger partial charge in [0.25, 0.3) is 0 Å². The van der Waals surface area contributed by atoms with Crippen LogP contribution in [0.1, 0.15) is 39.2 Å². The van der Waals surface area contributed by atoms with Crippen molar-refractivity contribution in [3.05, 3.63) is 22.4 Å². The molecule has 0 fully saturated rings. The molecule has 1 rings (SSSR count). The van der Waals surface area contributed by atoms with Crippen LogP contribution in [-0.2, 0) is 6.42 Å². The molecule has 1 nitrogen and oxygen atoms in total. The van der Waals surface area contributed by atoms with Crippen LogP contribution in [0, 0.1) is 5.92 Å². The van der Waals surface area contributed by atoms with Crippen molar-refractivity contribution in [2.24, 2.45) is 5.92 Å². The minimum Gasteiger partial charge on any atom is -0.314 e. The van der Waals surface area contributed by atoms with Crippen molar-refractivity contribution in [2.45, 2.75) is 46.1 Å². The van der Waals surface area contributed by atoms with Gasteiger partial charge in [-0.2, -0.15) is 11.3 Å². The fourth-order valence-electron chi connectivity index (χ4n) is 1.94. The molecule has 1 atom stereocenters. The first-order valence-electron chi connectivity index (χ1n) is 5.96. The summed E-state index contributed by atoms with van der Waals surface area (Å²) < 4.78 is 0. The van der Waals surface area contributed by atoms with E-state index >= 15 is 0 Å². The molecule has 86 valence electrons. The third-order valence-corrected chi connectivity index (χ3v) is 3.34. The molecule has 0 radical (unpaired) electrons. The Balaban J connectivity index is 2.30. The van der Waals surface area contributed by atoms with Crippen LogP contribution in [0.25, 0.3) is 0 Å². The van der Waals surface area contributed by atoms with Crippen LogP contribution in [-0.4, -0.2) is 12.6 Å². The molecule has 1 unspecified atom stereocenters. The van der Waals surface area contributed by atoms with Gasteiger partial charge in [0, 0.05) is 6.04 Å². The predicted molar refractivity (Wildman–Crippen MR) is 69.6 cm³/mol. The topological polar surface area (TPSA) is 12.0 Å². The summed E-state index contributed by atoms with van der Waals surface area (Å²) in [5.41, 5.74) is 1.49. The van der Waals surface area contributed by atoms with Crippen molar-refractivity contribution in [1.29, 1.82) is 0 Å². The highest BCUT2D eigenvalue weighted by Gasteiger charge is 2.09.